The van der Waals surface area contributed by atoms with Crippen molar-refractivity contribution in [2.45, 2.75) is 5.37 Å². The van der Waals surface area contributed by atoms with Crippen LogP contribution in [0.25, 0.3) is 0 Å². The molecule has 3 rings (SSSR count). The molecule has 1 aromatic carbocycles. The van der Waals surface area contributed by atoms with Gasteiger partial charge in [0.2, 0.25) is 0 Å². The van der Waals surface area contributed by atoms with Crippen LogP contribution in [0.4, 0.5) is 4.39 Å². The van der Waals surface area contributed by atoms with Crippen LogP contribution in [0.15, 0.2) is 41.8 Å². The first-order chi connectivity index (χ1) is 9.25. The van der Waals surface area contributed by atoms with Crippen molar-refractivity contribution in [3.05, 3.63) is 58.0 Å². The van der Waals surface area contributed by atoms with Gasteiger partial charge >= 0.3 is 0 Å². The topological polar surface area (TPSA) is 20.3 Å². The number of hydrogen-bond acceptors (Lipinski definition) is 3. The maximum atomic E-state index is 13.2. The summed E-state index contributed by atoms with van der Waals surface area (Å²) >= 11 is 3.41. The summed E-state index contributed by atoms with van der Waals surface area (Å²) in [5.41, 5.74) is 0.420. The molecular formula is C14H12FNOS2. The average molecular weight is 293 g/mol. The van der Waals surface area contributed by atoms with Crippen LogP contribution in [-0.2, 0) is 0 Å². The van der Waals surface area contributed by atoms with Crippen molar-refractivity contribution < 1.29 is 9.18 Å². The van der Waals surface area contributed by atoms with E-state index in [1.807, 2.05) is 22.4 Å². The van der Waals surface area contributed by atoms with E-state index in [4.69, 9.17) is 0 Å². The van der Waals surface area contributed by atoms with Gasteiger partial charge in [0, 0.05) is 22.7 Å². The van der Waals surface area contributed by atoms with Gasteiger partial charge in [0.05, 0.1) is 0 Å². The summed E-state index contributed by atoms with van der Waals surface area (Å²) in [5.74, 6) is 0.456. The molecule has 0 unspecified atom stereocenters. The Morgan fingerprint density at radius 3 is 2.95 bits per heavy atom. The summed E-state index contributed by atoms with van der Waals surface area (Å²) in [4.78, 5) is 15.5. The van der Waals surface area contributed by atoms with Crippen LogP contribution in [0.2, 0.25) is 0 Å². The Labute approximate surface area is 119 Å². The summed E-state index contributed by atoms with van der Waals surface area (Å²) in [5, 5.41) is 2.08. The Balaban J connectivity index is 1.87. The van der Waals surface area contributed by atoms with E-state index in [9.17, 15) is 9.18 Å². The first kappa shape index (κ1) is 12.7. The minimum absolute atomic E-state index is 0.0655. The second-order valence-corrected chi connectivity index (χ2v) is 6.41. The van der Waals surface area contributed by atoms with E-state index in [1.165, 1.54) is 17.0 Å². The Kier molecular flexibility index (Phi) is 3.57. The van der Waals surface area contributed by atoms with Crippen molar-refractivity contribution in [2.75, 3.05) is 12.3 Å². The number of rotatable bonds is 2. The number of hydrogen-bond donors (Lipinski definition) is 0. The van der Waals surface area contributed by atoms with Crippen molar-refractivity contribution in [3.63, 3.8) is 0 Å². The van der Waals surface area contributed by atoms with E-state index < -0.39 is 0 Å². The van der Waals surface area contributed by atoms with Crippen LogP contribution in [0.1, 0.15) is 20.6 Å². The molecule has 1 amide bonds. The molecule has 1 aliphatic heterocycles. The molecule has 2 aromatic rings. The molecule has 0 N–H and O–H groups in total. The molecule has 2 heterocycles. The smallest absolute Gasteiger partial charge is 0.255 e. The minimum Gasteiger partial charge on any atom is -0.321 e. The lowest BCUT2D eigenvalue weighted by Gasteiger charge is -2.23. The molecule has 2 nitrogen and oxygen atoms in total. The standard InChI is InChI=1S/C14H12FNOS2/c15-11-4-1-3-10(9-11)13(17)16-6-8-19-14(16)12-5-2-7-18-12/h1-5,7,9,14H,6,8H2/t14-/m0/s1. The van der Waals surface area contributed by atoms with Gasteiger partial charge in [0.1, 0.15) is 11.2 Å². The number of halogens is 1. The lowest BCUT2D eigenvalue weighted by Crippen LogP contribution is -2.30. The van der Waals surface area contributed by atoms with Crippen molar-refractivity contribution >= 4 is 29.0 Å². The summed E-state index contributed by atoms with van der Waals surface area (Å²) in [6.45, 7) is 0.711. The third-order valence-corrected chi connectivity index (χ3v) is 5.33. The molecular weight excluding hydrogens is 281 g/mol. The second-order valence-electron chi connectivity index (χ2n) is 4.25. The molecule has 0 spiro atoms. The van der Waals surface area contributed by atoms with Crippen LogP contribution < -0.4 is 0 Å². The monoisotopic (exact) mass is 293 g/mol. The van der Waals surface area contributed by atoms with Gasteiger partial charge in [-0.3, -0.25) is 4.79 Å². The summed E-state index contributed by atoms with van der Waals surface area (Å²) < 4.78 is 13.2. The van der Waals surface area contributed by atoms with Crippen LogP contribution in [0.5, 0.6) is 0 Å². The highest BCUT2D eigenvalue weighted by molar-refractivity contribution is 7.99. The molecule has 0 bridgehead atoms. The van der Waals surface area contributed by atoms with Crippen LogP contribution in [-0.4, -0.2) is 23.1 Å². The molecule has 1 atom stereocenters. The zero-order chi connectivity index (χ0) is 13.2. The maximum absolute atomic E-state index is 13.2. The molecule has 5 heteroatoms. The van der Waals surface area contributed by atoms with Crippen molar-refractivity contribution in [3.8, 4) is 0 Å². The zero-order valence-electron chi connectivity index (χ0n) is 10.1. The third-order valence-electron chi connectivity index (χ3n) is 3.01. The van der Waals surface area contributed by atoms with Gasteiger partial charge in [0.15, 0.2) is 0 Å². The highest BCUT2D eigenvalue weighted by Crippen LogP contribution is 2.40. The third kappa shape index (κ3) is 2.53. The fraction of sp³-hybridized carbons (Fsp3) is 0.214. The number of thioether (sulfide) groups is 1. The first-order valence-electron chi connectivity index (χ1n) is 5.97. The molecule has 1 aliphatic rings. The number of carbonyl (C=O) groups excluding carboxylic acids is 1. The highest BCUT2D eigenvalue weighted by Gasteiger charge is 2.31. The molecule has 1 aromatic heterocycles. The minimum atomic E-state index is -0.370. The van der Waals surface area contributed by atoms with Crippen LogP contribution in [0, 0.1) is 5.82 Å². The molecule has 98 valence electrons. The predicted molar refractivity (Wildman–Crippen MR) is 77.0 cm³/mol. The largest absolute Gasteiger partial charge is 0.321 e. The van der Waals surface area contributed by atoms with E-state index in [0.29, 0.717) is 12.1 Å². The molecule has 0 aliphatic carbocycles. The van der Waals surface area contributed by atoms with Crippen molar-refractivity contribution in [1.82, 2.24) is 4.90 Å². The van der Waals surface area contributed by atoms with Crippen LogP contribution in [0.3, 0.4) is 0 Å². The SMILES string of the molecule is O=C(c1cccc(F)c1)N1CCS[C@H]1c1cccs1. The molecule has 0 radical (unpaired) electrons. The zero-order valence-corrected chi connectivity index (χ0v) is 11.7. The Morgan fingerprint density at radius 1 is 1.32 bits per heavy atom. The number of nitrogens with zero attached hydrogens (tertiary/aromatic N) is 1. The number of amides is 1. The van der Waals surface area contributed by atoms with E-state index in [1.54, 1.807) is 35.2 Å². The van der Waals surface area contributed by atoms with Gasteiger partial charge in [-0.2, -0.15) is 0 Å². The molecule has 1 saturated heterocycles. The summed E-state index contributed by atoms with van der Waals surface area (Å²) in [6.07, 6.45) is 0. The fourth-order valence-corrected chi connectivity index (χ4v) is 4.37. The Bertz CT molecular complexity index is 585. The normalized spacial score (nSPS) is 18.8. The molecule has 0 saturated carbocycles. The van der Waals surface area contributed by atoms with Crippen LogP contribution >= 0.6 is 23.1 Å². The number of thiophene rings is 1. The van der Waals surface area contributed by atoms with Gasteiger partial charge < -0.3 is 4.90 Å². The van der Waals surface area contributed by atoms with Gasteiger partial charge in [-0.15, -0.1) is 23.1 Å². The quantitative estimate of drug-likeness (QED) is 0.840. The van der Waals surface area contributed by atoms with Gasteiger partial charge in [-0.25, -0.2) is 4.39 Å². The van der Waals surface area contributed by atoms with E-state index in [0.717, 1.165) is 5.75 Å². The average Bonchev–Trinajstić information content (AvgIpc) is 3.08. The van der Waals surface area contributed by atoms with E-state index in [2.05, 4.69) is 0 Å². The Hall–Kier alpha value is -1.33. The van der Waals surface area contributed by atoms with Gasteiger partial charge in [0.25, 0.3) is 5.91 Å². The number of carbonyl (C=O) groups is 1. The first-order valence-corrected chi connectivity index (χ1v) is 7.90. The molecule has 1 fully saturated rings. The summed E-state index contributed by atoms with van der Waals surface area (Å²) in [6, 6.07) is 9.93. The van der Waals surface area contributed by atoms with Gasteiger partial charge in [-0.1, -0.05) is 12.1 Å². The second kappa shape index (κ2) is 5.35. The lowest BCUT2D eigenvalue weighted by molar-refractivity contribution is 0.0761. The maximum Gasteiger partial charge on any atom is 0.255 e. The number of benzene rings is 1. The predicted octanol–water partition coefficient (Wildman–Crippen LogP) is 3.78. The van der Waals surface area contributed by atoms with Crippen molar-refractivity contribution in [1.29, 1.82) is 0 Å². The highest BCUT2D eigenvalue weighted by atomic mass is 32.2. The molecule has 19 heavy (non-hydrogen) atoms. The Morgan fingerprint density at radius 2 is 2.21 bits per heavy atom. The summed E-state index contributed by atoms with van der Waals surface area (Å²) in [7, 11) is 0. The lowest BCUT2D eigenvalue weighted by atomic mass is 10.2. The van der Waals surface area contributed by atoms with Gasteiger partial charge in [-0.05, 0) is 29.6 Å². The fourth-order valence-electron chi connectivity index (χ4n) is 2.13. The van der Waals surface area contributed by atoms with E-state index >= 15 is 0 Å². The van der Waals surface area contributed by atoms with E-state index in [-0.39, 0.29) is 17.1 Å². The van der Waals surface area contributed by atoms with Crippen molar-refractivity contribution in [2.24, 2.45) is 0 Å².